The topological polar surface area (TPSA) is 48.9 Å². The number of halogens is 2. The second-order valence-electron chi connectivity index (χ2n) is 7.41. The Hall–Kier alpha value is -1.73. The lowest BCUT2D eigenvalue weighted by Gasteiger charge is -2.34. The Morgan fingerprint density at radius 2 is 2.07 bits per heavy atom. The van der Waals surface area contributed by atoms with Gasteiger partial charge in [-0.15, -0.1) is 0 Å². The number of benzene rings is 1. The van der Waals surface area contributed by atoms with E-state index in [0.717, 1.165) is 57.7 Å². The number of piperidine rings is 1. The van der Waals surface area contributed by atoms with E-state index in [4.69, 9.17) is 4.74 Å². The van der Waals surface area contributed by atoms with Crippen molar-refractivity contribution in [2.75, 3.05) is 46.4 Å². The Balaban J connectivity index is 1.37. The van der Waals surface area contributed by atoms with E-state index in [-0.39, 0.29) is 0 Å². The van der Waals surface area contributed by atoms with Gasteiger partial charge in [0, 0.05) is 45.9 Å². The summed E-state index contributed by atoms with van der Waals surface area (Å²) >= 11 is 0. The fraction of sp³-hybridized carbons (Fsp3) is 0.650. The number of nitrogens with one attached hydrogen (secondary N) is 2. The third-order valence-corrected chi connectivity index (χ3v) is 5.41. The van der Waals surface area contributed by atoms with Crippen molar-refractivity contribution < 1.29 is 13.5 Å². The van der Waals surface area contributed by atoms with Gasteiger partial charge in [-0.2, -0.15) is 0 Å². The second-order valence-corrected chi connectivity index (χ2v) is 7.41. The highest BCUT2D eigenvalue weighted by Gasteiger charge is 2.24. The third kappa shape index (κ3) is 5.87. The van der Waals surface area contributed by atoms with Crippen LogP contribution in [0, 0.1) is 17.6 Å². The van der Waals surface area contributed by atoms with Crippen LogP contribution in [0.25, 0.3) is 0 Å². The lowest BCUT2D eigenvalue weighted by molar-refractivity contribution is 0.150. The lowest BCUT2D eigenvalue weighted by atomic mass is 10.0. The summed E-state index contributed by atoms with van der Waals surface area (Å²) in [4.78, 5) is 6.78. The van der Waals surface area contributed by atoms with Gasteiger partial charge in [0.25, 0.3) is 0 Å². The van der Waals surface area contributed by atoms with Crippen LogP contribution >= 0.6 is 0 Å². The molecule has 0 radical (unpaired) electrons. The molecule has 3 rings (SSSR count). The zero-order valence-electron chi connectivity index (χ0n) is 16.0. The molecule has 2 N–H and O–H groups in total. The molecule has 1 aromatic rings. The molecule has 2 aliphatic heterocycles. The first kappa shape index (κ1) is 20.0. The summed E-state index contributed by atoms with van der Waals surface area (Å²) in [6, 6.07) is 4.67. The SMILES string of the molecule is CN=C(NCCc1cccc(F)c1F)NC1CCN(CC2CCOC2)CC1. The van der Waals surface area contributed by atoms with Gasteiger partial charge >= 0.3 is 0 Å². The van der Waals surface area contributed by atoms with E-state index in [1.165, 1.54) is 12.5 Å². The highest BCUT2D eigenvalue weighted by molar-refractivity contribution is 5.79. The van der Waals surface area contributed by atoms with Crippen molar-refractivity contribution in [3.05, 3.63) is 35.4 Å². The number of rotatable bonds is 6. The Morgan fingerprint density at radius 3 is 2.78 bits per heavy atom. The first-order valence-electron chi connectivity index (χ1n) is 9.86. The van der Waals surface area contributed by atoms with E-state index in [1.54, 1.807) is 13.1 Å². The summed E-state index contributed by atoms with van der Waals surface area (Å²) < 4.78 is 32.4. The third-order valence-electron chi connectivity index (χ3n) is 5.41. The number of hydrogen-bond acceptors (Lipinski definition) is 3. The molecule has 1 atom stereocenters. The maximum absolute atomic E-state index is 13.7. The van der Waals surface area contributed by atoms with Gasteiger partial charge in [-0.3, -0.25) is 4.99 Å². The number of nitrogens with zero attached hydrogens (tertiary/aromatic N) is 2. The monoisotopic (exact) mass is 380 g/mol. The molecule has 0 aromatic heterocycles. The van der Waals surface area contributed by atoms with Gasteiger partial charge in [-0.1, -0.05) is 12.1 Å². The molecule has 0 spiro atoms. The lowest BCUT2D eigenvalue weighted by Crippen LogP contribution is -2.49. The molecule has 7 heteroatoms. The molecule has 0 amide bonds. The average Bonchev–Trinajstić information content (AvgIpc) is 3.19. The minimum Gasteiger partial charge on any atom is -0.381 e. The molecule has 1 unspecified atom stereocenters. The summed E-state index contributed by atoms with van der Waals surface area (Å²) in [5, 5.41) is 6.65. The van der Waals surface area contributed by atoms with Crippen LogP contribution in [0.5, 0.6) is 0 Å². The van der Waals surface area contributed by atoms with E-state index in [0.29, 0.717) is 30.5 Å². The predicted octanol–water partition coefficient (Wildman–Crippen LogP) is 2.17. The number of ether oxygens (including phenoxy) is 1. The average molecular weight is 380 g/mol. The Bertz CT molecular complexity index is 626. The molecule has 0 bridgehead atoms. The van der Waals surface area contributed by atoms with E-state index >= 15 is 0 Å². The molecular formula is C20H30F2N4O. The van der Waals surface area contributed by atoms with Crippen LogP contribution in [-0.2, 0) is 11.2 Å². The molecule has 2 saturated heterocycles. The quantitative estimate of drug-likeness (QED) is 0.587. The summed E-state index contributed by atoms with van der Waals surface area (Å²) in [7, 11) is 1.73. The van der Waals surface area contributed by atoms with Crippen LogP contribution in [0.2, 0.25) is 0 Å². The molecule has 150 valence electrons. The van der Waals surface area contributed by atoms with E-state index < -0.39 is 11.6 Å². The fourth-order valence-corrected chi connectivity index (χ4v) is 3.80. The van der Waals surface area contributed by atoms with Gasteiger partial charge in [-0.05, 0) is 43.2 Å². The zero-order valence-corrected chi connectivity index (χ0v) is 16.0. The van der Waals surface area contributed by atoms with Crippen molar-refractivity contribution >= 4 is 5.96 Å². The van der Waals surface area contributed by atoms with Crippen LogP contribution in [0.4, 0.5) is 8.78 Å². The van der Waals surface area contributed by atoms with Crippen LogP contribution in [-0.4, -0.2) is 63.3 Å². The van der Waals surface area contributed by atoms with Crippen LogP contribution in [0.15, 0.2) is 23.2 Å². The Labute approximate surface area is 160 Å². The minimum absolute atomic E-state index is 0.377. The molecule has 2 aliphatic rings. The summed E-state index contributed by atoms with van der Waals surface area (Å²) in [5.41, 5.74) is 0.377. The fourth-order valence-electron chi connectivity index (χ4n) is 3.80. The van der Waals surface area contributed by atoms with Gasteiger partial charge < -0.3 is 20.3 Å². The molecular weight excluding hydrogens is 350 g/mol. The molecule has 5 nitrogen and oxygen atoms in total. The first-order valence-corrected chi connectivity index (χ1v) is 9.86. The maximum Gasteiger partial charge on any atom is 0.191 e. The maximum atomic E-state index is 13.7. The summed E-state index contributed by atoms with van der Waals surface area (Å²) in [6.45, 7) is 5.61. The smallest absolute Gasteiger partial charge is 0.191 e. The van der Waals surface area contributed by atoms with Crippen molar-refractivity contribution in [1.82, 2.24) is 15.5 Å². The molecule has 2 heterocycles. The zero-order chi connectivity index (χ0) is 19.1. The first-order chi connectivity index (χ1) is 13.2. The highest BCUT2D eigenvalue weighted by atomic mass is 19.2. The van der Waals surface area contributed by atoms with E-state index in [9.17, 15) is 8.78 Å². The van der Waals surface area contributed by atoms with Crippen LogP contribution < -0.4 is 10.6 Å². The highest BCUT2D eigenvalue weighted by Crippen LogP contribution is 2.17. The Kier molecular flexibility index (Phi) is 7.41. The number of hydrogen-bond donors (Lipinski definition) is 2. The summed E-state index contributed by atoms with van der Waals surface area (Å²) in [6.07, 6.45) is 3.74. The second kappa shape index (κ2) is 9.99. The van der Waals surface area contributed by atoms with Crippen LogP contribution in [0.1, 0.15) is 24.8 Å². The molecule has 0 aliphatic carbocycles. The molecule has 27 heavy (non-hydrogen) atoms. The van der Waals surface area contributed by atoms with Gasteiger partial charge in [0.15, 0.2) is 17.6 Å². The molecule has 0 saturated carbocycles. The van der Waals surface area contributed by atoms with Gasteiger partial charge in [0.2, 0.25) is 0 Å². The van der Waals surface area contributed by atoms with Crippen molar-refractivity contribution in [1.29, 1.82) is 0 Å². The van der Waals surface area contributed by atoms with Crippen molar-refractivity contribution in [2.45, 2.75) is 31.7 Å². The molecule has 1 aromatic carbocycles. The van der Waals surface area contributed by atoms with E-state index in [2.05, 4.69) is 20.5 Å². The number of aliphatic imine (C=N–C) groups is 1. The Morgan fingerprint density at radius 1 is 1.26 bits per heavy atom. The minimum atomic E-state index is -0.800. The predicted molar refractivity (Wildman–Crippen MR) is 103 cm³/mol. The summed E-state index contributed by atoms with van der Waals surface area (Å²) in [5.74, 6) is -0.158. The van der Waals surface area contributed by atoms with Gasteiger partial charge in [0.1, 0.15) is 0 Å². The van der Waals surface area contributed by atoms with Crippen molar-refractivity contribution in [3.63, 3.8) is 0 Å². The van der Waals surface area contributed by atoms with Crippen molar-refractivity contribution in [2.24, 2.45) is 10.9 Å². The van der Waals surface area contributed by atoms with E-state index in [1.807, 2.05) is 0 Å². The normalized spacial score (nSPS) is 22.2. The van der Waals surface area contributed by atoms with Gasteiger partial charge in [-0.25, -0.2) is 8.78 Å². The standard InChI is InChI=1S/C20H30F2N4O/c1-23-20(24-9-5-16-3-2-4-18(21)19(16)22)25-17-6-10-26(11-7-17)13-15-8-12-27-14-15/h2-4,15,17H,5-14H2,1H3,(H2,23,24,25). The van der Waals surface area contributed by atoms with Gasteiger partial charge in [0.05, 0.1) is 6.61 Å². The number of likely N-dealkylation sites (tertiary alicyclic amines) is 1. The largest absolute Gasteiger partial charge is 0.381 e. The molecule has 2 fully saturated rings. The number of guanidine groups is 1. The van der Waals surface area contributed by atoms with Crippen molar-refractivity contribution in [3.8, 4) is 0 Å². The van der Waals surface area contributed by atoms with Crippen LogP contribution in [0.3, 0.4) is 0 Å².